The molecule has 1 N–H and O–H groups in total. The number of rotatable bonds is 8. The van der Waals surface area contributed by atoms with Gasteiger partial charge < -0.3 is 5.32 Å². The maximum Gasteiger partial charge on any atom is 0.252 e. The van der Waals surface area contributed by atoms with Crippen molar-refractivity contribution in [3.05, 3.63) is 17.5 Å². The molecule has 1 aromatic heterocycles. The van der Waals surface area contributed by atoms with Gasteiger partial charge >= 0.3 is 0 Å². The topological polar surface area (TPSA) is 49.4 Å². The SMILES string of the molecule is CC(C)N[C@H](CN(CC1CCCCC1)S(=O)(=O)c1cccs1)C(C)(C)C. The molecule has 1 saturated carbocycles. The zero-order valence-electron chi connectivity index (χ0n) is 17.0. The third-order valence-corrected chi connectivity index (χ3v) is 8.45. The van der Waals surface area contributed by atoms with Crippen LogP contribution in [0.5, 0.6) is 0 Å². The molecule has 0 aliphatic heterocycles. The van der Waals surface area contributed by atoms with Crippen molar-refractivity contribution in [2.45, 2.75) is 83.0 Å². The summed E-state index contributed by atoms with van der Waals surface area (Å²) in [6, 6.07) is 3.99. The molecule has 1 aromatic rings. The van der Waals surface area contributed by atoms with Gasteiger partial charge in [0.1, 0.15) is 4.21 Å². The molecule has 1 heterocycles. The van der Waals surface area contributed by atoms with Gasteiger partial charge in [-0.05, 0) is 35.6 Å². The fourth-order valence-electron chi connectivity index (χ4n) is 3.65. The standard InChI is InChI=1S/C20H36N2O2S2/c1-16(2)21-18(20(3,4)5)15-22(14-17-10-7-6-8-11-17)26(23,24)19-12-9-13-25-19/h9,12-13,16-18,21H,6-8,10-11,14-15H2,1-5H3/t18-/m1/s1. The summed E-state index contributed by atoms with van der Waals surface area (Å²) in [5.74, 6) is 0.484. The molecule has 0 amide bonds. The van der Waals surface area contributed by atoms with Crippen molar-refractivity contribution in [1.29, 1.82) is 0 Å². The number of hydrogen-bond acceptors (Lipinski definition) is 4. The van der Waals surface area contributed by atoms with Crippen LogP contribution in [-0.4, -0.2) is 37.9 Å². The Morgan fingerprint density at radius 2 is 1.88 bits per heavy atom. The van der Waals surface area contributed by atoms with Crippen LogP contribution in [-0.2, 0) is 10.0 Å². The van der Waals surface area contributed by atoms with E-state index in [1.165, 1.54) is 30.6 Å². The van der Waals surface area contributed by atoms with Crippen LogP contribution in [0.15, 0.2) is 21.7 Å². The van der Waals surface area contributed by atoms with Gasteiger partial charge in [0.05, 0.1) is 0 Å². The molecule has 1 atom stereocenters. The van der Waals surface area contributed by atoms with E-state index in [0.717, 1.165) is 12.8 Å². The molecule has 0 bridgehead atoms. The average Bonchev–Trinajstić information content (AvgIpc) is 3.08. The van der Waals surface area contributed by atoms with E-state index in [-0.39, 0.29) is 11.5 Å². The van der Waals surface area contributed by atoms with Crippen LogP contribution in [0.3, 0.4) is 0 Å². The third kappa shape index (κ3) is 6.04. The quantitative estimate of drug-likeness (QED) is 0.686. The lowest BCUT2D eigenvalue weighted by molar-refractivity contribution is 0.193. The fraction of sp³-hybridized carbons (Fsp3) is 0.800. The van der Waals surface area contributed by atoms with Crippen LogP contribution in [0, 0.1) is 11.3 Å². The molecule has 2 rings (SSSR count). The van der Waals surface area contributed by atoms with Crippen LogP contribution in [0.25, 0.3) is 0 Å². The number of thiophene rings is 1. The Balaban J connectivity index is 2.26. The van der Waals surface area contributed by atoms with Crippen LogP contribution >= 0.6 is 11.3 Å². The normalized spacial score (nSPS) is 18.6. The Morgan fingerprint density at radius 1 is 1.23 bits per heavy atom. The highest BCUT2D eigenvalue weighted by Gasteiger charge is 2.34. The van der Waals surface area contributed by atoms with E-state index in [4.69, 9.17) is 0 Å². The first-order valence-electron chi connectivity index (χ1n) is 9.90. The largest absolute Gasteiger partial charge is 0.310 e. The minimum absolute atomic E-state index is 0.0138. The lowest BCUT2D eigenvalue weighted by atomic mass is 9.85. The second kappa shape index (κ2) is 9.18. The molecule has 150 valence electrons. The highest BCUT2D eigenvalue weighted by Crippen LogP contribution is 2.30. The molecule has 1 fully saturated rings. The van der Waals surface area contributed by atoms with Crippen molar-refractivity contribution in [2.75, 3.05) is 13.1 Å². The van der Waals surface area contributed by atoms with Crippen molar-refractivity contribution >= 4 is 21.4 Å². The number of nitrogens with one attached hydrogen (secondary N) is 1. The van der Waals surface area contributed by atoms with E-state index < -0.39 is 10.0 Å². The van der Waals surface area contributed by atoms with Crippen molar-refractivity contribution in [3.8, 4) is 0 Å². The van der Waals surface area contributed by atoms with Gasteiger partial charge in [0.25, 0.3) is 10.0 Å². The van der Waals surface area contributed by atoms with E-state index >= 15 is 0 Å². The minimum Gasteiger partial charge on any atom is -0.310 e. The van der Waals surface area contributed by atoms with E-state index in [2.05, 4.69) is 39.9 Å². The van der Waals surface area contributed by atoms with Crippen molar-refractivity contribution in [1.82, 2.24) is 9.62 Å². The molecule has 1 aliphatic carbocycles. The van der Waals surface area contributed by atoms with Crippen LogP contribution in [0.4, 0.5) is 0 Å². The maximum absolute atomic E-state index is 13.3. The lowest BCUT2D eigenvalue weighted by Crippen LogP contribution is -2.52. The molecular formula is C20H36N2O2S2. The molecule has 0 saturated heterocycles. The van der Waals surface area contributed by atoms with Crippen molar-refractivity contribution < 1.29 is 8.42 Å². The van der Waals surface area contributed by atoms with E-state index in [0.29, 0.717) is 29.3 Å². The molecule has 1 aliphatic rings. The van der Waals surface area contributed by atoms with Gasteiger partial charge in [0, 0.05) is 25.2 Å². The number of hydrogen-bond donors (Lipinski definition) is 1. The average molecular weight is 401 g/mol. The van der Waals surface area contributed by atoms with E-state index in [1.807, 2.05) is 11.4 Å². The molecule has 0 spiro atoms. The molecule has 0 aromatic carbocycles. The predicted octanol–water partition coefficient (Wildman–Crippen LogP) is 4.73. The first-order valence-corrected chi connectivity index (χ1v) is 12.2. The van der Waals surface area contributed by atoms with Gasteiger partial charge in [0.2, 0.25) is 0 Å². The number of nitrogens with zero attached hydrogens (tertiary/aromatic N) is 1. The zero-order chi connectivity index (χ0) is 19.4. The summed E-state index contributed by atoms with van der Waals surface area (Å²) in [6.07, 6.45) is 6.03. The Bertz CT molecular complexity index is 627. The Kier molecular flexibility index (Phi) is 7.72. The summed E-state index contributed by atoms with van der Waals surface area (Å²) in [4.78, 5) is 0. The van der Waals surface area contributed by atoms with Crippen LogP contribution < -0.4 is 5.32 Å². The van der Waals surface area contributed by atoms with Crippen molar-refractivity contribution in [3.63, 3.8) is 0 Å². The van der Waals surface area contributed by atoms with E-state index in [9.17, 15) is 8.42 Å². The van der Waals surface area contributed by atoms with Gasteiger partial charge in [-0.2, -0.15) is 4.31 Å². The summed E-state index contributed by atoms with van der Waals surface area (Å²) < 4.78 is 28.9. The van der Waals surface area contributed by atoms with Crippen LogP contribution in [0.1, 0.15) is 66.7 Å². The summed E-state index contributed by atoms with van der Waals surface area (Å²) in [5, 5.41) is 5.45. The van der Waals surface area contributed by atoms with Gasteiger partial charge in [-0.3, -0.25) is 0 Å². The monoisotopic (exact) mass is 400 g/mol. The highest BCUT2D eigenvalue weighted by atomic mass is 32.2. The Morgan fingerprint density at radius 3 is 2.38 bits per heavy atom. The lowest BCUT2D eigenvalue weighted by Gasteiger charge is -2.38. The second-order valence-corrected chi connectivity index (χ2v) is 12.1. The zero-order valence-corrected chi connectivity index (χ0v) is 18.6. The van der Waals surface area contributed by atoms with Crippen LogP contribution in [0.2, 0.25) is 0 Å². The maximum atomic E-state index is 13.3. The highest BCUT2D eigenvalue weighted by molar-refractivity contribution is 7.91. The molecule has 6 heteroatoms. The smallest absolute Gasteiger partial charge is 0.252 e. The van der Waals surface area contributed by atoms with Gasteiger partial charge in [-0.15, -0.1) is 11.3 Å². The summed E-state index contributed by atoms with van der Waals surface area (Å²) in [7, 11) is -3.44. The predicted molar refractivity (Wildman–Crippen MR) is 111 cm³/mol. The molecule has 4 nitrogen and oxygen atoms in total. The first-order chi connectivity index (χ1) is 12.1. The third-order valence-electron chi connectivity index (χ3n) is 5.24. The molecule has 0 radical (unpaired) electrons. The summed E-state index contributed by atoms with van der Waals surface area (Å²) in [5.41, 5.74) is -0.0138. The van der Waals surface area contributed by atoms with Crippen molar-refractivity contribution in [2.24, 2.45) is 11.3 Å². The summed E-state index contributed by atoms with van der Waals surface area (Å²) in [6.45, 7) is 12.0. The van der Waals surface area contributed by atoms with Gasteiger partial charge in [-0.25, -0.2) is 8.42 Å². The molecular weight excluding hydrogens is 364 g/mol. The molecule has 0 unspecified atom stereocenters. The Labute approximate surface area is 164 Å². The molecule has 26 heavy (non-hydrogen) atoms. The summed E-state index contributed by atoms with van der Waals surface area (Å²) >= 11 is 1.32. The Hall–Kier alpha value is -0.430. The minimum atomic E-state index is -3.44. The van der Waals surface area contributed by atoms with Gasteiger partial charge in [0.15, 0.2) is 0 Å². The van der Waals surface area contributed by atoms with Gasteiger partial charge in [-0.1, -0.05) is 59.9 Å². The fourth-order valence-corrected chi connectivity index (χ4v) is 6.32. The number of sulfonamides is 1. The second-order valence-electron chi connectivity index (χ2n) is 9.00. The van der Waals surface area contributed by atoms with E-state index in [1.54, 1.807) is 10.4 Å². The first kappa shape index (κ1) is 21.9.